The summed E-state index contributed by atoms with van der Waals surface area (Å²) in [5, 5.41) is 121. The average molecular weight is 629 g/mol. The summed E-state index contributed by atoms with van der Waals surface area (Å²) >= 11 is 0. The van der Waals surface area contributed by atoms with Crippen molar-refractivity contribution in [3.63, 3.8) is 0 Å². The Balaban J connectivity index is 1.56. The zero-order valence-electron chi connectivity index (χ0n) is 22.6. The molecule has 2 fully saturated rings. The van der Waals surface area contributed by atoms with Crippen molar-refractivity contribution in [3.8, 4) is 34.5 Å². The van der Waals surface area contributed by atoms with E-state index < -0.39 is 104 Å². The first-order valence-electron chi connectivity index (χ1n) is 13.3. The predicted octanol–water partition coefficient (Wildman–Crippen LogP) is -3.02. The van der Waals surface area contributed by atoms with E-state index in [-0.39, 0.29) is 28.4 Å². The molecule has 3 aliphatic rings. The number of aromatic hydroxyl groups is 4. The summed E-state index contributed by atoms with van der Waals surface area (Å²) in [6.07, 6.45) is -16.9. The van der Waals surface area contributed by atoms with Crippen LogP contribution in [0.15, 0.2) is 30.0 Å². The zero-order chi connectivity index (χ0) is 32.0. The number of hydrogen-bond acceptors (Lipinski definition) is 17. The summed E-state index contributed by atoms with van der Waals surface area (Å²) in [7, 11) is 0. The van der Waals surface area contributed by atoms with Crippen LogP contribution in [-0.2, 0) is 14.2 Å². The molecule has 0 radical (unpaired) electrons. The van der Waals surface area contributed by atoms with Crippen molar-refractivity contribution >= 4 is 6.08 Å². The summed E-state index contributed by atoms with van der Waals surface area (Å²) in [6.45, 7) is -1.50. The van der Waals surface area contributed by atoms with Gasteiger partial charge in [0.05, 0.1) is 18.8 Å². The number of rotatable bonds is 7. The van der Waals surface area contributed by atoms with Gasteiger partial charge in [0, 0.05) is 17.7 Å². The maximum absolute atomic E-state index is 10.6. The van der Waals surface area contributed by atoms with E-state index in [0.29, 0.717) is 0 Å². The van der Waals surface area contributed by atoms with E-state index in [4.69, 9.17) is 23.7 Å². The van der Waals surface area contributed by atoms with Gasteiger partial charge in [0.25, 0.3) is 0 Å². The number of hydrogen-bond donors (Lipinski definition) is 12. The molecule has 2 aromatic carbocycles. The Bertz CT molecular complexity index is 1360. The van der Waals surface area contributed by atoms with Gasteiger partial charge in [-0.25, -0.2) is 0 Å². The fraction of sp³-hybridized carbons (Fsp3) is 0.481. The number of phenolic OH excluding ortho intramolecular Hbond substituents is 4. The van der Waals surface area contributed by atoms with Crippen LogP contribution >= 0.6 is 0 Å². The quantitative estimate of drug-likeness (QED) is 0.136. The minimum Gasteiger partial charge on any atom is -0.508 e. The van der Waals surface area contributed by atoms with E-state index in [1.54, 1.807) is 0 Å². The van der Waals surface area contributed by atoms with Crippen LogP contribution in [0.25, 0.3) is 6.08 Å². The van der Waals surface area contributed by atoms with Crippen LogP contribution in [0.5, 0.6) is 34.5 Å². The molecule has 11 atom stereocenters. The van der Waals surface area contributed by atoms with E-state index in [9.17, 15) is 61.3 Å². The van der Waals surface area contributed by atoms with Crippen molar-refractivity contribution in [2.45, 2.75) is 67.5 Å². The van der Waals surface area contributed by atoms with Gasteiger partial charge in [-0.2, -0.15) is 0 Å². The van der Waals surface area contributed by atoms with Crippen LogP contribution in [0.3, 0.4) is 0 Å². The van der Waals surface area contributed by atoms with Gasteiger partial charge in [-0.1, -0.05) is 0 Å². The van der Waals surface area contributed by atoms with E-state index >= 15 is 0 Å². The van der Waals surface area contributed by atoms with Gasteiger partial charge in [-0.3, -0.25) is 0 Å². The van der Waals surface area contributed by atoms with E-state index in [2.05, 4.69) is 0 Å². The fourth-order valence-electron chi connectivity index (χ4n) is 5.02. The standard InChI is InChI=1S/C27H32O17/c28-6-16-19(34)21(36)23(38)26(43-16)41-14-4-9(30)3-13-10(14)5-15(25(40-13)8-1-11(31)18(33)12(32)2-8)42-27-24(39)22(37)20(35)17(7-29)44-27/h1-5,16-17,19-39H,6-7H2/t16-,17-,19-,20-,21+,22+,23-,24-,25?,26-,27-/m1/s1. The number of aliphatic hydroxyl groups is 8. The molecule has 12 N–H and O–H groups in total. The van der Waals surface area contributed by atoms with Crippen LogP contribution in [0.2, 0.25) is 0 Å². The van der Waals surface area contributed by atoms with Crippen molar-refractivity contribution in [3.05, 3.63) is 41.2 Å². The van der Waals surface area contributed by atoms with Crippen molar-refractivity contribution in [2.75, 3.05) is 13.2 Å². The average Bonchev–Trinajstić information content (AvgIpc) is 2.99. The van der Waals surface area contributed by atoms with Crippen molar-refractivity contribution in [1.29, 1.82) is 0 Å². The molecule has 2 saturated heterocycles. The van der Waals surface area contributed by atoms with E-state index in [1.165, 1.54) is 6.08 Å². The topological polar surface area (TPSA) is 289 Å². The second-order valence-corrected chi connectivity index (χ2v) is 10.4. The summed E-state index contributed by atoms with van der Waals surface area (Å²) in [6, 6.07) is 4.25. The first-order chi connectivity index (χ1) is 20.8. The Morgan fingerprint density at radius 1 is 0.636 bits per heavy atom. The molecule has 17 heteroatoms. The van der Waals surface area contributed by atoms with Gasteiger partial charge in [0.15, 0.2) is 23.4 Å². The molecular weight excluding hydrogens is 596 g/mol. The minimum atomic E-state index is -1.86. The van der Waals surface area contributed by atoms with E-state index in [1.807, 2.05) is 0 Å². The van der Waals surface area contributed by atoms with Gasteiger partial charge < -0.3 is 85.0 Å². The molecule has 0 aliphatic carbocycles. The molecule has 3 aliphatic heterocycles. The second kappa shape index (κ2) is 12.4. The lowest BCUT2D eigenvalue weighted by atomic mass is 9.98. The highest BCUT2D eigenvalue weighted by atomic mass is 16.7. The van der Waals surface area contributed by atoms with Gasteiger partial charge in [-0.05, 0) is 18.2 Å². The fourth-order valence-corrected chi connectivity index (χ4v) is 5.02. The molecule has 5 rings (SSSR count). The summed E-state index contributed by atoms with van der Waals surface area (Å²) in [4.78, 5) is 0. The monoisotopic (exact) mass is 628 g/mol. The largest absolute Gasteiger partial charge is 0.508 e. The molecule has 2 aromatic rings. The number of benzene rings is 2. The Hall–Kier alpha value is -3.62. The highest BCUT2D eigenvalue weighted by molar-refractivity contribution is 5.70. The minimum absolute atomic E-state index is 0.00261. The molecule has 0 spiro atoms. The predicted molar refractivity (Wildman–Crippen MR) is 140 cm³/mol. The summed E-state index contributed by atoms with van der Waals surface area (Å²) < 4.78 is 28.4. The van der Waals surface area contributed by atoms with E-state index in [0.717, 1.165) is 24.3 Å². The van der Waals surface area contributed by atoms with Gasteiger partial charge >= 0.3 is 0 Å². The molecule has 3 heterocycles. The Labute approximate surface area is 247 Å². The summed E-state index contributed by atoms with van der Waals surface area (Å²) in [5.41, 5.74) is -0.0261. The molecule has 0 aromatic heterocycles. The molecule has 242 valence electrons. The maximum Gasteiger partial charge on any atom is 0.229 e. The molecule has 1 unspecified atom stereocenters. The van der Waals surface area contributed by atoms with Crippen LogP contribution in [0.4, 0.5) is 0 Å². The van der Waals surface area contributed by atoms with Crippen LogP contribution in [-0.4, -0.2) is 136 Å². The normalized spacial score (nSPS) is 35.3. The Kier molecular flexibility index (Phi) is 8.96. The molecule has 17 nitrogen and oxygen atoms in total. The van der Waals surface area contributed by atoms with Gasteiger partial charge in [0.1, 0.15) is 71.8 Å². The zero-order valence-corrected chi connectivity index (χ0v) is 22.6. The SMILES string of the molecule is OC[C@H]1O[C@@H](OC2=Cc3c(cc(O)cc3O[C@@H]3O[C@H](CO)[C@@H](O)[C@H](O)[C@H]3O)OC2c2cc(O)c(O)c(O)c2)[C@H](O)[C@@H](O)[C@@H]1O. The first-order valence-corrected chi connectivity index (χ1v) is 13.3. The third-order valence-electron chi connectivity index (χ3n) is 7.47. The van der Waals surface area contributed by atoms with Crippen LogP contribution < -0.4 is 9.47 Å². The molecule has 0 bridgehead atoms. The van der Waals surface area contributed by atoms with Gasteiger partial charge in [-0.15, -0.1) is 0 Å². The van der Waals surface area contributed by atoms with Crippen molar-refractivity contribution in [1.82, 2.24) is 0 Å². The third kappa shape index (κ3) is 5.77. The number of aliphatic hydroxyl groups excluding tert-OH is 8. The highest BCUT2D eigenvalue weighted by Crippen LogP contribution is 2.47. The summed E-state index contributed by atoms with van der Waals surface area (Å²) in [5.74, 6) is -3.36. The lowest BCUT2D eigenvalue weighted by molar-refractivity contribution is -0.293. The number of fused-ring (bicyclic) bond motifs is 1. The third-order valence-corrected chi connectivity index (χ3v) is 7.47. The molecule has 0 amide bonds. The van der Waals surface area contributed by atoms with Crippen LogP contribution in [0.1, 0.15) is 17.2 Å². The molecule has 0 saturated carbocycles. The number of ether oxygens (including phenoxy) is 5. The maximum atomic E-state index is 10.6. The number of phenols is 4. The molecule has 44 heavy (non-hydrogen) atoms. The highest BCUT2D eigenvalue weighted by Gasteiger charge is 2.47. The second-order valence-electron chi connectivity index (χ2n) is 10.4. The smallest absolute Gasteiger partial charge is 0.229 e. The van der Waals surface area contributed by atoms with Gasteiger partial charge in [0.2, 0.25) is 12.6 Å². The first kappa shape index (κ1) is 31.8. The Morgan fingerprint density at radius 3 is 1.68 bits per heavy atom. The lowest BCUT2D eigenvalue weighted by Crippen LogP contribution is -2.60. The van der Waals surface area contributed by atoms with Crippen molar-refractivity contribution < 1.29 is 85.0 Å². The lowest BCUT2D eigenvalue weighted by Gasteiger charge is -2.41. The Morgan fingerprint density at radius 2 is 1.16 bits per heavy atom. The van der Waals surface area contributed by atoms with Crippen molar-refractivity contribution in [2.24, 2.45) is 0 Å². The van der Waals surface area contributed by atoms with Crippen LogP contribution in [0, 0.1) is 0 Å². The molecular formula is C27H32O17.